The maximum absolute atomic E-state index is 12.1. The lowest BCUT2D eigenvalue weighted by atomic mass is 9.87. The molecule has 0 radical (unpaired) electrons. The number of hydrogen-bond donors (Lipinski definition) is 1. The van der Waals surface area contributed by atoms with Gasteiger partial charge in [-0.3, -0.25) is 4.57 Å². The molecular weight excluding hydrogens is 342 g/mol. The summed E-state index contributed by atoms with van der Waals surface area (Å²) in [5, 5.41) is 0. The van der Waals surface area contributed by atoms with Gasteiger partial charge in [-0.05, 0) is 53.6 Å². The van der Waals surface area contributed by atoms with E-state index in [0.29, 0.717) is 6.04 Å². The first-order chi connectivity index (χ1) is 10.6. The molecule has 1 aliphatic carbocycles. The van der Waals surface area contributed by atoms with Crippen LogP contribution < -0.4 is 5.69 Å². The summed E-state index contributed by atoms with van der Waals surface area (Å²) in [6.45, 7) is 10.3. The second-order valence-corrected chi connectivity index (χ2v) is 6.15. The fourth-order valence-corrected chi connectivity index (χ4v) is 3.16. The van der Waals surface area contributed by atoms with Crippen LogP contribution >= 0.6 is 15.9 Å². The van der Waals surface area contributed by atoms with Crippen LogP contribution in [0, 0.1) is 5.92 Å². The van der Waals surface area contributed by atoms with Gasteiger partial charge in [0.2, 0.25) is 0 Å². The number of hydrogen-bond acceptors (Lipinski definition) is 2. The van der Waals surface area contributed by atoms with Crippen molar-refractivity contribution in [2.75, 3.05) is 0 Å². The number of pyridine rings is 1. The van der Waals surface area contributed by atoms with E-state index in [1.807, 2.05) is 38.3 Å². The Morgan fingerprint density at radius 1 is 1.18 bits per heavy atom. The minimum Gasteiger partial charge on any atom is -0.304 e. The van der Waals surface area contributed by atoms with Gasteiger partial charge in [0.1, 0.15) is 0 Å². The molecule has 0 saturated heterocycles. The van der Waals surface area contributed by atoms with Gasteiger partial charge >= 0.3 is 5.69 Å². The fraction of sp³-hybridized carbons (Fsp3) is 0.647. The molecule has 0 spiro atoms. The molecule has 4 nitrogen and oxygen atoms in total. The Morgan fingerprint density at radius 2 is 1.77 bits per heavy atom. The summed E-state index contributed by atoms with van der Waals surface area (Å²) in [6, 6.07) is 2.21. The van der Waals surface area contributed by atoms with Crippen molar-refractivity contribution in [3.05, 3.63) is 27.2 Å². The molecule has 0 atom stereocenters. The minimum atomic E-state index is -0.0323. The zero-order chi connectivity index (χ0) is 16.7. The van der Waals surface area contributed by atoms with Crippen LogP contribution in [0.5, 0.6) is 0 Å². The number of nitrogens with zero attached hydrogens (tertiary/aromatic N) is 2. The maximum atomic E-state index is 12.1. The van der Waals surface area contributed by atoms with E-state index in [0.717, 1.165) is 34.4 Å². The predicted molar refractivity (Wildman–Crippen MR) is 97.4 cm³/mol. The molecule has 0 aliphatic heterocycles. The Bertz CT molecular complexity index is 624. The number of aromatic nitrogens is 3. The Morgan fingerprint density at radius 3 is 2.36 bits per heavy atom. The van der Waals surface area contributed by atoms with Crippen molar-refractivity contribution in [2.24, 2.45) is 5.92 Å². The molecule has 0 amide bonds. The van der Waals surface area contributed by atoms with Gasteiger partial charge in [-0.1, -0.05) is 34.6 Å². The molecule has 3 rings (SSSR count). The van der Waals surface area contributed by atoms with E-state index in [-0.39, 0.29) is 5.69 Å². The second kappa shape index (κ2) is 9.13. The average Bonchev–Trinajstić information content (AvgIpc) is 2.87. The average molecular weight is 370 g/mol. The molecule has 124 valence electrons. The van der Waals surface area contributed by atoms with Crippen molar-refractivity contribution >= 4 is 27.1 Å². The van der Waals surface area contributed by atoms with Gasteiger partial charge in [-0.25, -0.2) is 9.78 Å². The summed E-state index contributed by atoms with van der Waals surface area (Å²) in [6.07, 6.45) is 6.29. The van der Waals surface area contributed by atoms with Gasteiger partial charge in [-0.2, -0.15) is 0 Å². The third kappa shape index (κ3) is 4.22. The summed E-state index contributed by atoms with van der Waals surface area (Å²) in [4.78, 5) is 19.4. The molecule has 0 bridgehead atoms. The number of aromatic amines is 1. The zero-order valence-corrected chi connectivity index (χ0v) is 15.9. The van der Waals surface area contributed by atoms with Crippen molar-refractivity contribution in [1.82, 2.24) is 14.5 Å². The highest BCUT2D eigenvalue weighted by molar-refractivity contribution is 9.10. The molecule has 1 fully saturated rings. The smallest absolute Gasteiger partial charge is 0.304 e. The minimum absolute atomic E-state index is 0.0323. The van der Waals surface area contributed by atoms with Crippen LogP contribution in [0.4, 0.5) is 0 Å². The van der Waals surface area contributed by atoms with E-state index in [4.69, 9.17) is 0 Å². The van der Waals surface area contributed by atoms with E-state index in [9.17, 15) is 4.79 Å². The van der Waals surface area contributed by atoms with Crippen molar-refractivity contribution in [3.8, 4) is 0 Å². The van der Waals surface area contributed by atoms with Crippen LogP contribution in [0.1, 0.15) is 66.3 Å². The summed E-state index contributed by atoms with van der Waals surface area (Å²) < 4.78 is 2.73. The van der Waals surface area contributed by atoms with Crippen LogP contribution in [-0.2, 0) is 0 Å². The van der Waals surface area contributed by atoms with Crippen LogP contribution in [0.15, 0.2) is 21.5 Å². The molecule has 1 N–H and O–H groups in total. The highest BCUT2D eigenvalue weighted by Gasteiger charge is 2.23. The Hall–Kier alpha value is -1.10. The molecule has 1 aliphatic rings. The summed E-state index contributed by atoms with van der Waals surface area (Å²) in [7, 11) is 0. The molecule has 2 heterocycles. The van der Waals surface area contributed by atoms with Gasteiger partial charge < -0.3 is 4.98 Å². The molecule has 22 heavy (non-hydrogen) atoms. The summed E-state index contributed by atoms with van der Waals surface area (Å²) >= 11 is 3.38. The molecule has 0 aromatic carbocycles. The Balaban J connectivity index is 0.000000561. The SMILES string of the molecule is CC.CC.CC1CCC(n2c(=O)[nH]c3cc(Br)cnc32)CC1. The van der Waals surface area contributed by atoms with Gasteiger partial charge in [0.05, 0.1) is 5.52 Å². The van der Waals surface area contributed by atoms with Crippen LogP contribution in [-0.4, -0.2) is 14.5 Å². The topological polar surface area (TPSA) is 50.7 Å². The molecular formula is C17H28BrN3O. The van der Waals surface area contributed by atoms with Gasteiger partial charge in [0, 0.05) is 16.7 Å². The quantitative estimate of drug-likeness (QED) is 0.741. The zero-order valence-electron chi connectivity index (χ0n) is 14.3. The number of halogens is 1. The lowest BCUT2D eigenvalue weighted by Crippen LogP contribution is -2.25. The lowest BCUT2D eigenvalue weighted by Gasteiger charge is -2.26. The molecule has 2 aromatic heterocycles. The van der Waals surface area contributed by atoms with Crippen molar-refractivity contribution < 1.29 is 0 Å². The number of H-pyrrole nitrogens is 1. The molecule has 2 aromatic rings. The number of imidazole rings is 1. The lowest BCUT2D eigenvalue weighted by molar-refractivity contribution is 0.289. The first kappa shape index (κ1) is 18.9. The van der Waals surface area contributed by atoms with E-state index >= 15 is 0 Å². The highest BCUT2D eigenvalue weighted by Crippen LogP contribution is 2.32. The fourth-order valence-electron chi connectivity index (χ4n) is 2.83. The van der Waals surface area contributed by atoms with Crippen molar-refractivity contribution in [3.63, 3.8) is 0 Å². The third-order valence-corrected chi connectivity index (χ3v) is 4.31. The van der Waals surface area contributed by atoms with Gasteiger partial charge in [-0.15, -0.1) is 0 Å². The van der Waals surface area contributed by atoms with E-state index in [2.05, 4.69) is 32.8 Å². The standard InChI is InChI=1S/C13H16BrN3O.2C2H6/c1-8-2-4-10(5-3-8)17-12-11(16-13(17)18)6-9(14)7-15-12;2*1-2/h6-8,10H,2-5H2,1H3,(H,16,18);2*1-2H3. The maximum Gasteiger partial charge on any atom is 0.327 e. The van der Waals surface area contributed by atoms with Crippen molar-refractivity contribution in [2.45, 2.75) is 66.3 Å². The van der Waals surface area contributed by atoms with Crippen LogP contribution in [0.25, 0.3) is 11.2 Å². The first-order valence-corrected chi connectivity index (χ1v) is 9.20. The number of fused-ring (bicyclic) bond motifs is 1. The number of nitrogens with one attached hydrogen (secondary N) is 1. The van der Waals surface area contributed by atoms with E-state index < -0.39 is 0 Å². The molecule has 1 saturated carbocycles. The third-order valence-electron chi connectivity index (χ3n) is 3.87. The Labute approximate surface area is 141 Å². The first-order valence-electron chi connectivity index (χ1n) is 8.41. The molecule has 5 heteroatoms. The van der Waals surface area contributed by atoms with E-state index in [1.54, 1.807) is 6.20 Å². The summed E-state index contributed by atoms with van der Waals surface area (Å²) in [5.41, 5.74) is 1.56. The normalized spacial score (nSPS) is 20.6. The van der Waals surface area contributed by atoms with E-state index in [1.165, 1.54) is 12.8 Å². The van der Waals surface area contributed by atoms with Crippen molar-refractivity contribution in [1.29, 1.82) is 0 Å². The summed E-state index contributed by atoms with van der Waals surface area (Å²) in [5.74, 6) is 0.782. The largest absolute Gasteiger partial charge is 0.327 e. The monoisotopic (exact) mass is 369 g/mol. The number of rotatable bonds is 1. The van der Waals surface area contributed by atoms with Crippen LogP contribution in [0.2, 0.25) is 0 Å². The predicted octanol–water partition coefficient (Wildman–Crippen LogP) is 5.29. The van der Waals surface area contributed by atoms with Crippen LogP contribution in [0.3, 0.4) is 0 Å². The second-order valence-electron chi connectivity index (χ2n) is 5.24. The highest BCUT2D eigenvalue weighted by atomic mass is 79.9. The Kier molecular flexibility index (Phi) is 7.87. The van der Waals surface area contributed by atoms with Gasteiger partial charge in [0.15, 0.2) is 5.65 Å². The van der Waals surface area contributed by atoms with Gasteiger partial charge in [0.25, 0.3) is 0 Å². The molecule has 0 unspecified atom stereocenters.